The number of hydrogen-bond acceptors (Lipinski definition) is 2. The van der Waals surface area contributed by atoms with Crippen molar-refractivity contribution in [3.8, 4) is 5.75 Å². The van der Waals surface area contributed by atoms with Crippen LogP contribution >= 0.6 is 0 Å². The first kappa shape index (κ1) is 12.1. The summed E-state index contributed by atoms with van der Waals surface area (Å²) in [6, 6.07) is 6.03. The molecule has 0 amide bonds. The van der Waals surface area contributed by atoms with E-state index in [4.69, 9.17) is 9.84 Å². The molecule has 15 heavy (non-hydrogen) atoms. The molecule has 0 aliphatic heterocycles. The van der Waals surface area contributed by atoms with Gasteiger partial charge < -0.3 is 9.84 Å². The second-order valence-corrected chi connectivity index (χ2v) is 3.67. The molecule has 1 radical (unpaired) electrons. The fourth-order valence-electron chi connectivity index (χ4n) is 1.74. The van der Waals surface area contributed by atoms with E-state index in [1.54, 1.807) is 7.11 Å². The normalized spacial score (nSPS) is 12.5. The SMILES string of the molecule is [CH2]C(CO)c1cccc(CCC)c1OC. The molecule has 1 atom stereocenters. The first-order valence-electron chi connectivity index (χ1n) is 5.34. The number of para-hydroxylation sites is 1. The summed E-state index contributed by atoms with van der Waals surface area (Å²) < 4.78 is 5.40. The van der Waals surface area contributed by atoms with E-state index in [0.717, 1.165) is 24.2 Å². The van der Waals surface area contributed by atoms with Crippen LogP contribution in [0.15, 0.2) is 18.2 Å². The van der Waals surface area contributed by atoms with Gasteiger partial charge in [0, 0.05) is 5.92 Å². The van der Waals surface area contributed by atoms with Gasteiger partial charge in [-0.25, -0.2) is 0 Å². The molecule has 1 aromatic carbocycles. The van der Waals surface area contributed by atoms with Crippen molar-refractivity contribution in [2.75, 3.05) is 13.7 Å². The first-order chi connectivity index (χ1) is 7.24. The van der Waals surface area contributed by atoms with E-state index < -0.39 is 0 Å². The van der Waals surface area contributed by atoms with Gasteiger partial charge in [0.2, 0.25) is 0 Å². The Morgan fingerprint density at radius 3 is 2.73 bits per heavy atom. The zero-order valence-corrected chi connectivity index (χ0v) is 9.49. The lowest BCUT2D eigenvalue weighted by Gasteiger charge is -2.16. The summed E-state index contributed by atoms with van der Waals surface area (Å²) in [5.74, 6) is 0.769. The topological polar surface area (TPSA) is 29.5 Å². The lowest BCUT2D eigenvalue weighted by molar-refractivity contribution is 0.279. The molecular formula is C13H19O2. The van der Waals surface area contributed by atoms with Crippen LogP contribution in [0.3, 0.4) is 0 Å². The van der Waals surface area contributed by atoms with E-state index >= 15 is 0 Å². The number of aryl methyl sites for hydroxylation is 1. The van der Waals surface area contributed by atoms with Crippen LogP contribution in [0.1, 0.15) is 30.4 Å². The standard InChI is InChI=1S/C13H19O2/c1-4-6-11-7-5-8-12(10(2)9-14)13(11)15-3/h5,7-8,10,14H,2,4,6,9H2,1,3H3. The quantitative estimate of drug-likeness (QED) is 0.804. The minimum Gasteiger partial charge on any atom is -0.496 e. The summed E-state index contributed by atoms with van der Waals surface area (Å²) in [5, 5.41) is 9.11. The summed E-state index contributed by atoms with van der Waals surface area (Å²) in [4.78, 5) is 0. The van der Waals surface area contributed by atoms with Crippen LogP contribution in [-0.4, -0.2) is 18.8 Å². The number of aliphatic hydroxyl groups excluding tert-OH is 1. The monoisotopic (exact) mass is 207 g/mol. The van der Waals surface area contributed by atoms with E-state index in [9.17, 15) is 0 Å². The Bertz CT molecular complexity index is 307. The average Bonchev–Trinajstić information content (AvgIpc) is 2.28. The van der Waals surface area contributed by atoms with Crippen molar-refractivity contribution in [3.63, 3.8) is 0 Å². The van der Waals surface area contributed by atoms with Crippen molar-refractivity contribution in [2.45, 2.75) is 25.7 Å². The summed E-state index contributed by atoms with van der Waals surface area (Å²) >= 11 is 0. The van der Waals surface area contributed by atoms with E-state index in [2.05, 4.69) is 19.9 Å². The highest BCUT2D eigenvalue weighted by Gasteiger charge is 2.13. The van der Waals surface area contributed by atoms with Gasteiger partial charge in [0.15, 0.2) is 0 Å². The van der Waals surface area contributed by atoms with Crippen LogP contribution in [-0.2, 0) is 6.42 Å². The van der Waals surface area contributed by atoms with Crippen molar-refractivity contribution < 1.29 is 9.84 Å². The fourth-order valence-corrected chi connectivity index (χ4v) is 1.74. The van der Waals surface area contributed by atoms with Crippen LogP contribution in [0, 0.1) is 6.92 Å². The number of methoxy groups -OCH3 is 1. The number of hydrogen-bond donors (Lipinski definition) is 1. The molecule has 2 nitrogen and oxygen atoms in total. The Labute approximate surface area is 91.9 Å². The fraction of sp³-hybridized carbons (Fsp3) is 0.462. The van der Waals surface area contributed by atoms with Gasteiger partial charge in [-0.15, -0.1) is 0 Å². The average molecular weight is 207 g/mol. The molecule has 0 heterocycles. The largest absolute Gasteiger partial charge is 0.496 e. The number of benzene rings is 1. The zero-order chi connectivity index (χ0) is 11.3. The third-order valence-electron chi connectivity index (χ3n) is 2.51. The Morgan fingerprint density at radius 2 is 2.20 bits per heavy atom. The smallest absolute Gasteiger partial charge is 0.125 e. The predicted molar refractivity (Wildman–Crippen MR) is 62.2 cm³/mol. The van der Waals surface area contributed by atoms with Gasteiger partial charge in [0.05, 0.1) is 13.7 Å². The second kappa shape index (κ2) is 5.76. The number of ether oxygens (including phenoxy) is 1. The van der Waals surface area contributed by atoms with Crippen molar-refractivity contribution in [1.82, 2.24) is 0 Å². The molecule has 1 unspecified atom stereocenters. The number of aliphatic hydroxyl groups is 1. The Hall–Kier alpha value is -1.02. The molecular weight excluding hydrogens is 188 g/mol. The molecule has 0 spiro atoms. The van der Waals surface area contributed by atoms with Gasteiger partial charge in [0.1, 0.15) is 5.75 Å². The van der Waals surface area contributed by atoms with Crippen LogP contribution in [0.5, 0.6) is 5.75 Å². The highest BCUT2D eigenvalue weighted by Crippen LogP contribution is 2.30. The van der Waals surface area contributed by atoms with Gasteiger partial charge in [-0.1, -0.05) is 31.5 Å². The third kappa shape index (κ3) is 2.72. The molecule has 1 aromatic rings. The molecule has 83 valence electrons. The molecule has 0 aliphatic carbocycles. The highest BCUT2D eigenvalue weighted by molar-refractivity contribution is 5.44. The van der Waals surface area contributed by atoms with Gasteiger partial charge in [0.25, 0.3) is 0 Å². The van der Waals surface area contributed by atoms with E-state index in [-0.39, 0.29) is 12.5 Å². The van der Waals surface area contributed by atoms with Gasteiger partial charge in [-0.2, -0.15) is 0 Å². The maximum Gasteiger partial charge on any atom is 0.125 e. The lowest BCUT2D eigenvalue weighted by Crippen LogP contribution is -2.04. The van der Waals surface area contributed by atoms with Crippen molar-refractivity contribution >= 4 is 0 Å². The first-order valence-corrected chi connectivity index (χ1v) is 5.34. The summed E-state index contributed by atoms with van der Waals surface area (Å²) in [6.07, 6.45) is 2.08. The van der Waals surface area contributed by atoms with Gasteiger partial charge in [-0.05, 0) is 24.5 Å². The van der Waals surface area contributed by atoms with Crippen molar-refractivity contribution in [2.24, 2.45) is 0 Å². The molecule has 0 bridgehead atoms. The van der Waals surface area contributed by atoms with Gasteiger partial charge in [-0.3, -0.25) is 0 Å². The molecule has 2 heteroatoms. The summed E-state index contributed by atoms with van der Waals surface area (Å²) in [7, 11) is 1.67. The Morgan fingerprint density at radius 1 is 1.47 bits per heavy atom. The predicted octanol–water partition coefficient (Wildman–Crippen LogP) is 2.56. The maximum atomic E-state index is 9.11. The maximum absolute atomic E-state index is 9.11. The molecule has 0 aromatic heterocycles. The number of rotatable bonds is 5. The molecule has 0 saturated carbocycles. The van der Waals surface area contributed by atoms with Crippen molar-refractivity contribution in [1.29, 1.82) is 0 Å². The third-order valence-corrected chi connectivity index (χ3v) is 2.51. The van der Waals surface area contributed by atoms with Gasteiger partial charge >= 0.3 is 0 Å². The molecule has 0 aliphatic rings. The van der Waals surface area contributed by atoms with E-state index in [0.29, 0.717) is 0 Å². The minimum absolute atomic E-state index is 0.0476. The zero-order valence-electron chi connectivity index (χ0n) is 9.49. The minimum atomic E-state index is -0.114. The molecule has 0 saturated heterocycles. The summed E-state index contributed by atoms with van der Waals surface area (Å²) in [6.45, 7) is 6.09. The highest BCUT2D eigenvalue weighted by atomic mass is 16.5. The van der Waals surface area contributed by atoms with Crippen LogP contribution in [0.2, 0.25) is 0 Å². The molecule has 1 rings (SSSR count). The van der Waals surface area contributed by atoms with Crippen LogP contribution < -0.4 is 4.74 Å². The Balaban J connectivity index is 3.09. The molecule has 1 N–H and O–H groups in total. The van der Waals surface area contributed by atoms with E-state index in [1.807, 2.05) is 12.1 Å². The van der Waals surface area contributed by atoms with Crippen molar-refractivity contribution in [3.05, 3.63) is 36.2 Å². The summed E-state index contributed by atoms with van der Waals surface area (Å²) in [5.41, 5.74) is 2.19. The van der Waals surface area contributed by atoms with Crippen LogP contribution in [0.25, 0.3) is 0 Å². The van der Waals surface area contributed by atoms with Crippen LogP contribution in [0.4, 0.5) is 0 Å². The lowest BCUT2D eigenvalue weighted by atomic mass is 9.96. The Kier molecular flexibility index (Phi) is 4.63. The second-order valence-electron chi connectivity index (χ2n) is 3.67. The van der Waals surface area contributed by atoms with E-state index in [1.165, 1.54) is 5.56 Å². The molecule has 0 fully saturated rings.